The molecule has 0 amide bonds. The molecule has 1 unspecified atom stereocenters. The second kappa shape index (κ2) is 10.3. The van der Waals surface area contributed by atoms with E-state index in [-0.39, 0.29) is 5.92 Å². The molecule has 1 aliphatic rings. The molecule has 0 radical (unpaired) electrons. The molecule has 0 aliphatic carbocycles. The molecule has 0 N–H and O–H groups in total. The average molecular weight is 505 g/mol. The minimum atomic E-state index is -3.23. The number of hydrogen-bond acceptors (Lipinski definition) is 7. The quantitative estimate of drug-likeness (QED) is 0.337. The highest BCUT2D eigenvalue weighted by atomic mass is 32.2. The van der Waals surface area contributed by atoms with Crippen molar-refractivity contribution in [3.63, 3.8) is 0 Å². The molecule has 1 atom stereocenters. The Bertz CT molecular complexity index is 1380. The zero-order valence-corrected chi connectivity index (χ0v) is 21.3. The van der Waals surface area contributed by atoms with Gasteiger partial charge in [-0.3, -0.25) is 4.98 Å². The average Bonchev–Trinajstić information content (AvgIpc) is 3.38. The summed E-state index contributed by atoms with van der Waals surface area (Å²) in [5.41, 5.74) is 4.09. The number of benzene rings is 1. The molecule has 180 valence electrons. The number of thiazole rings is 1. The van der Waals surface area contributed by atoms with E-state index in [0.717, 1.165) is 47.2 Å². The Morgan fingerprint density at radius 1 is 1.00 bits per heavy atom. The Labute approximate surface area is 210 Å². The minimum Gasteiger partial charge on any atom is -0.356 e. The summed E-state index contributed by atoms with van der Waals surface area (Å²) in [6.07, 6.45) is 11.3. The largest absolute Gasteiger partial charge is 0.356 e. The number of nitrogens with zero attached hydrogens (tertiary/aromatic N) is 4. The number of aromatic nitrogens is 3. The van der Waals surface area contributed by atoms with Crippen LogP contribution in [0, 0.1) is 0 Å². The van der Waals surface area contributed by atoms with Gasteiger partial charge < -0.3 is 4.90 Å². The van der Waals surface area contributed by atoms with E-state index in [1.807, 2.05) is 42.0 Å². The molecule has 35 heavy (non-hydrogen) atoms. The molecule has 1 fully saturated rings. The molecule has 3 aromatic heterocycles. The Morgan fingerprint density at radius 2 is 1.77 bits per heavy atom. The van der Waals surface area contributed by atoms with Crippen LogP contribution in [0.25, 0.3) is 11.3 Å². The van der Waals surface area contributed by atoms with Crippen molar-refractivity contribution in [2.24, 2.45) is 0 Å². The first-order valence-electron chi connectivity index (χ1n) is 11.8. The Kier molecular flexibility index (Phi) is 6.92. The lowest BCUT2D eigenvalue weighted by molar-refractivity contribution is 0.571. The summed E-state index contributed by atoms with van der Waals surface area (Å²) in [5.74, 6) is 1.12. The monoisotopic (exact) mass is 504 g/mol. The lowest BCUT2D eigenvalue weighted by atomic mass is 9.93. The van der Waals surface area contributed by atoms with Gasteiger partial charge in [0.25, 0.3) is 0 Å². The van der Waals surface area contributed by atoms with Crippen molar-refractivity contribution in [2.75, 3.05) is 24.2 Å². The molecule has 4 aromatic rings. The third-order valence-electron chi connectivity index (χ3n) is 6.43. The maximum atomic E-state index is 11.8. The normalized spacial score (nSPS) is 15.2. The van der Waals surface area contributed by atoms with E-state index in [9.17, 15) is 8.42 Å². The number of sulfone groups is 1. The molecular formula is C27H28N4O2S2. The second-order valence-electron chi connectivity index (χ2n) is 8.94. The summed E-state index contributed by atoms with van der Waals surface area (Å²) >= 11 is 1.63. The van der Waals surface area contributed by atoms with Crippen LogP contribution >= 0.6 is 11.3 Å². The van der Waals surface area contributed by atoms with Crippen LogP contribution in [0.15, 0.2) is 77.4 Å². The predicted molar refractivity (Wildman–Crippen MR) is 141 cm³/mol. The van der Waals surface area contributed by atoms with Crippen LogP contribution in [0.1, 0.15) is 41.3 Å². The molecule has 1 aromatic carbocycles. The number of pyridine rings is 2. The van der Waals surface area contributed by atoms with Crippen LogP contribution in [-0.4, -0.2) is 42.7 Å². The van der Waals surface area contributed by atoms with Crippen LogP contribution in [-0.2, 0) is 16.3 Å². The summed E-state index contributed by atoms with van der Waals surface area (Å²) < 4.78 is 23.6. The highest BCUT2D eigenvalue weighted by Gasteiger charge is 2.23. The van der Waals surface area contributed by atoms with Gasteiger partial charge in [-0.1, -0.05) is 24.3 Å². The molecule has 8 heteroatoms. The summed E-state index contributed by atoms with van der Waals surface area (Å²) in [6, 6.07) is 15.2. The molecule has 4 heterocycles. The van der Waals surface area contributed by atoms with E-state index in [0.29, 0.717) is 4.90 Å². The van der Waals surface area contributed by atoms with Crippen LogP contribution < -0.4 is 4.90 Å². The molecule has 0 saturated carbocycles. The number of hydrogen-bond donors (Lipinski definition) is 0. The van der Waals surface area contributed by atoms with E-state index >= 15 is 0 Å². The van der Waals surface area contributed by atoms with Crippen molar-refractivity contribution in [3.8, 4) is 11.3 Å². The Morgan fingerprint density at radius 3 is 2.49 bits per heavy atom. The van der Waals surface area contributed by atoms with Crippen molar-refractivity contribution in [3.05, 3.63) is 88.6 Å². The van der Waals surface area contributed by atoms with Gasteiger partial charge in [0, 0.05) is 54.8 Å². The van der Waals surface area contributed by atoms with E-state index in [1.54, 1.807) is 29.7 Å². The van der Waals surface area contributed by atoms with Crippen molar-refractivity contribution in [1.82, 2.24) is 15.0 Å². The van der Waals surface area contributed by atoms with Crippen molar-refractivity contribution < 1.29 is 8.42 Å². The van der Waals surface area contributed by atoms with Crippen LogP contribution in [0.5, 0.6) is 0 Å². The molecular weight excluding hydrogens is 476 g/mol. The summed E-state index contributed by atoms with van der Waals surface area (Å²) in [4.78, 5) is 16.9. The maximum absolute atomic E-state index is 11.8. The smallest absolute Gasteiger partial charge is 0.175 e. The molecule has 6 nitrogen and oxygen atoms in total. The SMILES string of the molecule is CS(=O)(=O)c1ccc(-c2csc(C(Cc3cccnc3N3CCCCC3)c3cccnc3)n2)cc1. The van der Waals surface area contributed by atoms with Crippen LogP contribution in [0.4, 0.5) is 5.82 Å². The first-order valence-corrected chi connectivity index (χ1v) is 14.6. The first-order chi connectivity index (χ1) is 17.0. The highest BCUT2D eigenvalue weighted by Crippen LogP contribution is 2.35. The lowest BCUT2D eigenvalue weighted by Gasteiger charge is -2.30. The standard InChI is InChI=1S/C27H28N4O2S2/c1-35(32,33)23-11-9-20(10-12-23)25-19-34-27(30-25)24(22-8-5-13-28-18-22)17-21-7-6-14-29-26(21)31-15-3-2-4-16-31/h5-14,18-19,24H,2-4,15-17H2,1H3. The van der Waals surface area contributed by atoms with Gasteiger partial charge in [-0.25, -0.2) is 18.4 Å². The summed E-state index contributed by atoms with van der Waals surface area (Å²) in [5, 5.41) is 3.05. The van der Waals surface area contributed by atoms with E-state index < -0.39 is 9.84 Å². The van der Waals surface area contributed by atoms with E-state index in [4.69, 9.17) is 9.97 Å². The maximum Gasteiger partial charge on any atom is 0.175 e. The third-order valence-corrected chi connectivity index (χ3v) is 8.52. The first kappa shape index (κ1) is 23.6. The number of anilines is 1. The molecule has 1 saturated heterocycles. The highest BCUT2D eigenvalue weighted by molar-refractivity contribution is 7.90. The third kappa shape index (κ3) is 5.44. The van der Waals surface area contributed by atoms with Crippen LogP contribution in [0.3, 0.4) is 0 Å². The fraction of sp³-hybridized carbons (Fsp3) is 0.296. The fourth-order valence-corrected chi connectivity index (χ4v) is 6.17. The number of rotatable bonds is 7. The molecule has 5 rings (SSSR count). The number of piperidine rings is 1. The van der Waals surface area contributed by atoms with Gasteiger partial charge in [0.05, 0.1) is 10.6 Å². The van der Waals surface area contributed by atoms with Gasteiger partial charge in [-0.05, 0) is 61.1 Å². The van der Waals surface area contributed by atoms with Gasteiger partial charge in [-0.2, -0.15) is 0 Å². The Balaban J connectivity index is 1.48. The van der Waals surface area contributed by atoms with E-state index in [2.05, 4.69) is 22.0 Å². The van der Waals surface area contributed by atoms with Gasteiger partial charge in [0.1, 0.15) is 10.8 Å². The Hall–Kier alpha value is -3.10. The zero-order chi connectivity index (χ0) is 24.3. The fourth-order valence-electron chi connectivity index (χ4n) is 4.58. The van der Waals surface area contributed by atoms with Crippen molar-refractivity contribution in [1.29, 1.82) is 0 Å². The van der Waals surface area contributed by atoms with E-state index in [1.165, 1.54) is 31.1 Å². The predicted octanol–water partition coefficient (Wildman–Crippen LogP) is 5.37. The summed E-state index contributed by atoms with van der Waals surface area (Å²) in [7, 11) is -3.23. The zero-order valence-electron chi connectivity index (χ0n) is 19.7. The second-order valence-corrected chi connectivity index (χ2v) is 11.8. The lowest BCUT2D eigenvalue weighted by Crippen LogP contribution is -2.31. The topological polar surface area (TPSA) is 76.1 Å². The van der Waals surface area contributed by atoms with Crippen molar-refractivity contribution in [2.45, 2.75) is 36.5 Å². The molecule has 1 aliphatic heterocycles. The molecule has 0 spiro atoms. The van der Waals surface area contributed by atoms with Gasteiger partial charge >= 0.3 is 0 Å². The minimum absolute atomic E-state index is 0.0467. The molecule has 0 bridgehead atoms. The van der Waals surface area contributed by atoms with Gasteiger partial charge in [0.2, 0.25) is 0 Å². The van der Waals surface area contributed by atoms with Gasteiger partial charge in [-0.15, -0.1) is 11.3 Å². The van der Waals surface area contributed by atoms with Crippen molar-refractivity contribution >= 4 is 27.0 Å². The van der Waals surface area contributed by atoms with Gasteiger partial charge in [0.15, 0.2) is 9.84 Å². The summed E-state index contributed by atoms with van der Waals surface area (Å²) in [6.45, 7) is 2.10. The van der Waals surface area contributed by atoms with Crippen LogP contribution in [0.2, 0.25) is 0 Å².